The summed E-state index contributed by atoms with van der Waals surface area (Å²) in [5.41, 5.74) is 0. The van der Waals surface area contributed by atoms with Gasteiger partial charge in [0.25, 0.3) is 5.95 Å². The van der Waals surface area contributed by atoms with Crippen LogP contribution in [0.25, 0.3) is 0 Å². The lowest BCUT2D eigenvalue weighted by atomic mass is 10.3. The van der Waals surface area contributed by atoms with E-state index in [-0.39, 0.29) is 12.2 Å². The minimum atomic E-state index is 0.0432. The fourth-order valence-corrected chi connectivity index (χ4v) is 1.58. The standard InChI is InChI=1S/C9H13N3O2/c1-7(13)6-8-10-9(11-14-8)12-4-2-3-5-12/h2-6H2,1H3. The molecule has 5 nitrogen and oxygen atoms in total. The Kier molecular flexibility index (Phi) is 2.47. The lowest BCUT2D eigenvalue weighted by Crippen LogP contribution is -2.18. The summed E-state index contributed by atoms with van der Waals surface area (Å²) >= 11 is 0. The van der Waals surface area contributed by atoms with Crippen molar-refractivity contribution in [1.82, 2.24) is 10.1 Å². The van der Waals surface area contributed by atoms with Crippen LogP contribution in [0, 0.1) is 0 Å². The van der Waals surface area contributed by atoms with Crippen LogP contribution in [-0.2, 0) is 11.2 Å². The van der Waals surface area contributed by atoms with Gasteiger partial charge in [0.2, 0.25) is 5.89 Å². The van der Waals surface area contributed by atoms with Gasteiger partial charge in [0.15, 0.2) is 0 Å². The molecule has 0 spiro atoms. The van der Waals surface area contributed by atoms with Crippen molar-refractivity contribution < 1.29 is 9.32 Å². The molecule has 2 rings (SSSR count). The van der Waals surface area contributed by atoms with Crippen LogP contribution in [0.3, 0.4) is 0 Å². The van der Waals surface area contributed by atoms with E-state index in [0.717, 1.165) is 13.1 Å². The summed E-state index contributed by atoms with van der Waals surface area (Å²) in [4.78, 5) is 17.0. The zero-order valence-corrected chi connectivity index (χ0v) is 8.19. The van der Waals surface area contributed by atoms with Gasteiger partial charge in [-0.05, 0) is 24.9 Å². The monoisotopic (exact) mass is 195 g/mol. The van der Waals surface area contributed by atoms with Gasteiger partial charge >= 0.3 is 0 Å². The topological polar surface area (TPSA) is 59.2 Å². The molecular weight excluding hydrogens is 182 g/mol. The first kappa shape index (κ1) is 9.18. The zero-order chi connectivity index (χ0) is 9.97. The molecule has 0 bridgehead atoms. The Morgan fingerprint density at radius 1 is 1.50 bits per heavy atom. The highest BCUT2D eigenvalue weighted by atomic mass is 16.5. The molecule has 0 unspecified atom stereocenters. The van der Waals surface area contributed by atoms with Crippen molar-refractivity contribution in [3.8, 4) is 0 Å². The second-order valence-corrected chi connectivity index (χ2v) is 3.56. The van der Waals surface area contributed by atoms with Crippen molar-refractivity contribution in [2.75, 3.05) is 18.0 Å². The molecule has 0 atom stereocenters. The van der Waals surface area contributed by atoms with E-state index >= 15 is 0 Å². The van der Waals surface area contributed by atoms with E-state index < -0.39 is 0 Å². The van der Waals surface area contributed by atoms with Gasteiger partial charge < -0.3 is 9.42 Å². The van der Waals surface area contributed by atoms with Gasteiger partial charge in [-0.15, -0.1) is 0 Å². The Labute approximate surface area is 82.1 Å². The smallest absolute Gasteiger partial charge is 0.266 e. The molecule has 1 fully saturated rings. The van der Waals surface area contributed by atoms with Crippen LogP contribution in [0.1, 0.15) is 25.7 Å². The van der Waals surface area contributed by atoms with E-state index in [1.165, 1.54) is 19.8 Å². The lowest BCUT2D eigenvalue weighted by Gasteiger charge is -2.09. The maximum atomic E-state index is 10.8. The van der Waals surface area contributed by atoms with Gasteiger partial charge in [0, 0.05) is 13.1 Å². The summed E-state index contributed by atoms with van der Waals surface area (Å²) in [5.74, 6) is 1.08. The quantitative estimate of drug-likeness (QED) is 0.714. The fraction of sp³-hybridized carbons (Fsp3) is 0.667. The van der Waals surface area contributed by atoms with Crippen molar-refractivity contribution in [3.05, 3.63) is 5.89 Å². The highest BCUT2D eigenvalue weighted by Crippen LogP contribution is 2.16. The minimum absolute atomic E-state index is 0.0432. The van der Waals surface area contributed by atoms with Crippen molar-refractivity contribution in [2.24, 2.45) is 0 Å². The normalized spacial score (nSPS) is 16.2. The Morgan fingerprint density at radius 2 is 2.21 bits per heavy atom. The van der Waals surface area contributed by atoms with Gasteiger partial charge in [-0.1, -0.05) is 0 Å². The summed E-state index contributed by atoms with van der Waals surface area (Å²) in [7, 11) is 0. The number of carbonyl (C=O) groups is 1. The molecular formula is C9H13N3O2. The van der Waals surface area contributed by atoms with Gasteiger partial charge in [0.1, 0.15) is 5.78 Å². The molecule has 1 aromatic rings. The van der Waals surface area contributed by atoms with E-state index in [2.05, 4.69) is 15.0 Å². The molecule has 0 N–H and O–H groups in total. The van der Waals surface area contributed by atoms with E-state index in [0.29, 0.717) is 11.8 Å². The highest BCUT2D eigenvalue weighted by molar-refractivity contribution is 5.77. The Hall–Kier alpha value is -1.39. The number of anilines is 1. The Morgan fingerprint density at radius 3 is 2.86 bits per heavy atom. The molecule has 0 aromatic carbocycles. The third-order valence-electron chi connectivity index (χ3n) is 2.25. The molecule has 0 aliphatic carbocycles. The molecule has 14 heavy (non-hydrogen) atoms. The third-order valence-corrected chi connectivity index (χ3v) is 2.25. The van der Waals surface area contributed by atoms with Crippen LogP contribution in [0.4, 0.5) is 5.95 Å². The van der Waals surface area contributed by atoms with Gasteiger partial charge in [-0.25, -0.2) is 0 Å². The number of aromatic nitrogens is 2. The predicted octanol–water partition coefficient (Wildman–Crippen LogP) is 0.801. The fourth-order valence-electron chi connectivity index (χ4n) is 1.58. The van der Waals surface area contributed by atoms with Crippen molar-refractivity contribution in [3.63, 3.8) is 0 Å². The average molecular weight is 195 g/mol. The second kappa shape index (κ2) is 3.77. The van der Waals surface area contributed by atoms with Crippen molar-refractivity contribution in [1.29, 1.82) is 0 Å². The molecule has 1 aliphatic rings. The Bertz CT molecular complexity index is 329. The van der Waals surface area contributed by atoms with Gasteiger partial charge in [0.05, 0.1) is 6.42 Å². The number of ketones is 1. The van der Waals surface area contributed by atoms with Crippen LogP contribution in [0.2, 0.25) is 0 Å². The minimum Gasteiger partial charge on any atom is -0.338 e. The van der Waals surface area contributed by atoms with Crippen LogP contribution in [-0.4, -0.2) is 29.0 Å². The summed E-state index contributed by atoms with van der Waals surface area (Å²) in [6.45, 7) is 3.48. The lowest BCUT2D eigenvalue weighted by molar-refractivity contribution is -0.116. The van der Waals surface area contributed by atoms with E-state index in [1.807, 2.05) is 0 Å². The number of hydrogen-bond donors (Lipinski definition) is 0. The maximum absolute atomic E-state index is 10.8. The van der Waals surface area contributed by atoms with Gasteiger partial charge in [-0.2, -0.15) is 4.98 Å². The van der Waals surface area contributed by atoms with Crippen LogP contribution >= 0.6 is 0 Å². The first-order valence-corrected chi connectivity index (χ1v) is 4.82. The maximum Gasteiger partial charge on any atom is 0.266 e. The second-order valence-electron chi connectivity index (χ2n) is 3.56. The van der Waals surface area contributed by atoms with Crippen LogP contribution < -0.4 is 4.90 Å². The largest absolute Gasteiger partial charge is 0.338 e. The molecule has 2 heterocycles. The van der Waals surface area contributed by atoms with E-state index in [9.17, 15) is 4.79 Å². The van der Waals surface area contributed by atoms with E-state index in [4.69, 9.17) is 4.52 Å². The third kappa shape index (κ3) is 1.92. The molecule has 1 saturated heterocycles. The number of nitrogens with zero attached hydrogens (tertiary/aromatic N) is 3. The first-order chi connectivity index (χ1) is 6.75. The highest BCUT2D eigenvalue weighted by Gasteiger charge is 2.18. The molecule has 0 amide bonds. The van der Waals surface area contributed by atoms with Crippen molar-refractivity contribution in [2.45, 2.75) is 26.2 Å². The zero-order valence-electron chi connectivity index (χ0n) is 8.19. The summed E-state index contributed by atoms with van der Waals surface area (Å²) in [5, 5.41) is 3.84. The van der Waals surface area contributed by atoms with Crippen LogP contribution in [0.15, 0.2) is 4.52 Å². The molecule has 5 heteroatoms. The Balaban J connectivity index is 2.05. The number of hydrogen-bond acceptors (Lipinski definition) is 5. The number of rotatable bonds is 3. The van der Waals surface area contributed by atoms with Crippen LogP contribution in [0.5, 0.6) is 0 Å². The number of carbonyl (C=O) groups excluding carboxylic acids is 1. The van der Waals surface area contributed by atoms with Gasteiger partial charge in [-0.3, -0.25) is 4.79 Å². The SMILES string of the molecule is CC(=O)Cc1nc(N2CCCC2)no1. The first-order valence-electron chi connectivity index (χ1n) is 4.82. The summed E-state index contributed by atoms with van der Waals surface area (Å²) < 4.78 is 4.96. The average Bonchev–Trinajstić information content (AvgIpc) is 2.69. The molecule has 0 saturated carbocycles. The molecule has 76 valence electrons. The summed E-state index contributed by atoms with van der Waals surface area (Å²) in [6.07, 6.45) is 2.59. The summed E-state index contributed by atoms with van der Waals surface area (Å²) in [6, 6.07) is 0. The molecule has 1 aliphatic heterocycles. The predicted molar refractivity (Wildman–Crippen MR) is 50.1 cm³/mol. The number of Topliss-reactive ketones (excluding diaryl/α,β-unsaturated/α-hetero) is 1. The van der Waals surface area contributed by atoms with Crippen molar-refractivity contribution >= 4 is 11.7 Å². The molecule has 0 radical (unpaired) electrons. The van der Waals surface area contributed by atoms with E-state index in [1.54, 1.807) is 0 Å². The molecule has 1 aromatic heterocycles.